The zero-order valence-electron chi connectivity index (χ0n) is 10.5. The molecule has 0 saturated heterocycles. The maximum atomic E-state index is 5.22. The number of imidazole rings is 1. The van der Waals surface area contributed by atoms with Crippen molar-refractivity contribution in [2.24, 2.45) is 0 Å². The van der Waals surface area contributed by atoms with Crippen molar-refractivity contribution in [3.05, 3.63) is 24.0 Å². The van der Waals surface area contributed by atoms with Crippen LogP contribution in [0.2, 0.25) is 0 Å². The van der Waals surface area contributed by atoms with Crippen LogP contribution in [0, 0.1) is 12.3 Å². The van der Waals surface area contributed by atoms with Crippen molar-refractivity contribution in [1.82, 2.24) is 9.97 Å². The van der Waals surface area contributed by atoms with E-state index in [0.29, 0.717) is 6.54 Å². The van der Waals surface area contributed by atoms with Gasteiger partial charge in [-0.05, 0) is 18.2 Å². The van der Waals surface area contributed by atoms with Gasteiger partial charge >= 0.3 is 0 Å². The topological polar surface area (TPSA) is 40.7 Å². The number of fused-ring (bicyclic) bond motifs is 1. The number of benzene rings is 1. The van der Waals surface area contributed by atoms with Crippen molar-refractivity contribution >= 4 is 16.7 Å². The summed E-state index contributed by atoms with van der Waals surface area (Å²) in [7, 11) is 0. The Morgan fingerprint density at radius 2 is 2.18 bits per heavy atom. The van der Waals surface area contributed by atoms with Crippen LogP contribution in [-0.2, 0) is 5.41 Å². The lowest BCUT2D eigenvalue weighted by atomic mass is 9.96. The van der Waals surface area contributed by atoms with Gasteiger partial charge in [0.25, 0.3) is 0 Å². The summed E-state index contributed by atoms with van der Waals surface area (Å²) in [6, 6.07) is 6.03. The van der Waals surface area contributed by atoms with Gasteiger partial charge in [-0.25, -0.2) is 4.98 Å². The summed E-state index contributed by atoms with van der Waals surface area (Å²) >= 11 is 0. The molecule has 0 saturated carbocycles. The van der Waals surface area contributed by atoms with Gasteiger partial charge in [0.15, 0.2) is 0 Å². The van der Waals surface area contributed by atoms with E-state index in [1.54, 1.807) is 0 Å². The van der Waals surface area contributed by atoms with Crippen molar-refractivity contribution in [3.8, 4) is 12.3 Å². The fourth-order valence-electron chi connectivity index (χ4n) is 1.63. The van der Waals surface area contributed by atoms with Gasteiger partial charge < -0.3 is 10.3 Å². The molecule has 0 amide bonds. The van der Waals surface area contributed by atoms with Crippen LogP contribution in [0.3, 0.4) is 0 Å². The summed E-state index contributed by atoms with van der Waals surface area (Å²) in [5, 5.41) is 3.15. The summed E-state index contributed by atoms with van der Waals surface area (Å²) in [5.74, 6) is 3.56. The molecule has 0 atom stereocenters. The summed E-state index contributed by atoms with van der Waals surface area (Å²) in [6.07, 6.45) is 5.22. The predicted octanol–water partition coefficient (Wildman–Crippen LogP) is 2.91. The molecule has 3 nitrogen and oxygen atoms in total. The monoisotopic (exact) mass is 227 g/mol. The largest absolute Gasteiger partial charge is 0.374 e. The van der Waals surface area contributed by atoms with Gasteiger partial charge in [-0.1, -0.05) is 26.7 Å². The van der Waals surface area contributed by atoms with E-state index >= 15 is 0 Å². The molecule has 3 heteroatoms. The summed E-state index contributed by atoms with van der Waals surface area (Å²) in [6.45, 7) is 6.96. The van der Waals surface area contributed by atoms with Crippen LogP contribution >= 0.6 is 0 Å². The highest BCUT2D eigenvalue weighted by molar-refractivity contribution is 5.79. The molecule has 0 radical (unpaired) electrons. The minimum atomic E-state index is 0.0332. The third-order valence-electron chi connectivity index (χ3n) is 2.59. The first-order valence-corrected chi connectivity index (χ1v) is 5.68. The standard InChI is InChI=1S/C14H17N3/c1-5-8-15-10-6-7-11-12(9-10)17-13(16-11)14(2,3)4/h1,6-7,9,15H,8H2,2-4H3,(H,16,17). The summed E-state index contributed by atoms with van der Waals surface area (Å²) in [5.41, 5.74) is 3.07. The third kappa shape index (κ3) is 2.42. The Hall–Kier alpha value is -1.95. The van der Waals surface area contributed by atoms with E-state index in [0.717, 1.165) is 22.5 Å². The quantitative estimate of drug-likeness (QED) is 0.774. The molecule has 1 aromatic heterocycles. The second-order valence-electron chi connectivity index (χ2n) is 5.13. The van der Waals surface area contributed by atoms with Gasteiger partial charge in [0, 0.05) is 11.1 Å². The van der Waals surface area contributed by atoms with Gasteiger partial charge in [0.2, 0.25) is 0 Å². The minimum Gasteiger partial charge on any atom is -0.374 e. The number of hydrogen-bond acceptors (Lipinski definition) is 2. The number of anilines is 1. The van der Waals surface area contributed by atoms with Crippen molar-refractivity contribution < 1.29 is 0 Å². The molecular weight excluding hydrogens is 210 g/mol. The first-order valence-electron chi connectivity index (χ1n) is 5.68. The van der Waals surface area contributed by atoms with E-state index in [9.17, 15) is 0 Å². The van der Waals surface area contributed by atoms with Crippen LogP contribution < -0.4 is 5.32 Å². The zero-order valence-corrected chi connectivity index (χ0v) is 10.5. The Bertz CT molecular complexity index is 567. The van der Waals surface area contributed by atoms with Gasteiger partial charge in [-0.15, -0.1) is 6.42 Å². The highest BCUT2D eigenvalue weighted by Gasteiger charge is 2.18. The van der Waals surface area contributed by atoms with Gasteiger partial charge in [-0.2, -0.15) is 0 Å². The second-order valence-corrected chi connectivity index (χ2v) is 5.13. The predicted molar refractivity (Wildman–Crippen MR) is 72.1 cm³/mol. The molecule has 2 rings (SSSR count). The Morgan fingerprint density at radius 3 is 2.82 bits per heavy atom. The smallest absolute Gasteiger partial charge is 0.112 e. The van der Waals surface area contributed by atoms with Crippen LogP contribution in [0.1, 0.15) is 26.6 Å². The van der Waals surface area contributed by atoms with E-state index in [4.69, 9.17) is 6.42 Å². The molecule has 0 aliphatic rings. The SMILES string of the molecule is C#CCNc1ccc2nc(C(C)(C)C)[nH]c2c1. The second kappa shape index (κ2) is 4.14. The minimum absolute atomic E-state index is 0.0332. The Balaban J connectivity index is 2.38. The number of aromatic amines is 1. The molecule has 0 aliphatic carbocycles. The normalized spacial score (nSPS) is 11.4. The lowest BCUT2D eigenvalue weighted by molar-refractivity contribution is 0.554. The Morgan fingerprint density at radius 1 is 1.41 bits per heavy atom. The van der Waals surface area contributed by atoms with Gasteiger partial charge in [-0.3, -0.25) is 0 Å². The van der Waals surface area contributed by atoms with Crippen molar-refractivity contribution in [1.29, 1.82) is 0 Å². The van der Waals surface area contributed by atoms with E-state index in [1.165, 1.54) is 0 Å². The molecule has 2 N–H and O–H groups in total. The molecule has 2 aromatic rings. The summed E-state index contributed by atoms with van der Waals surface area (Å²) in [4.78, 5) is 7.93. The molecule has 0 unspecified atom stereocenters. The number of rotatable bonds is 2. The van der Waals surface area contributed by atoms with Crippen molar-refractivity contribution in [2.45, 2.75) is 26.2 Å². The van der Waals surface area contributed by atoms with E-state index in [2.05, 4.69) is 42.0 Å². The Kier molecular flexibility index (Phi) is 2.81. The van der Waals surface area contributed by atoms with Gasteiger partial charge in [0.05, 0.1) is 17.6 Å². The fraction of sp³-hybridized carbons (Fsp3) is 0.357. The molecule has 0 fully saturated rings. The molecule has 88 valence electrons. The third-order valence-corrected chi connectivity index (χ3v) is 2.59. The average molecular weight is 227 g/mol. The van der Waals surface area contributed by atoms with Crippen LogP contribution in [-0.4, -0.2) is 16.5 Å². The molecule has 0 aliphatic heterocycles. The van der Waals surface area contributed by atoms with Crippen molar-refractivity contribution in [2.75, 3.05) is 11.9 Å². The average Bonchev–Trinajstić information content (AvgIpc) is 2.68. The number of nitrogens with zero attached hydrogens (tertiary/aromatic N) is 1. The molecule has 17 heavy (non-hydrogen) atoms. The Labute approximate surface area is 102 Å². The number of terminal acetylenes is 1. The molecule has 0 bridgehead atoms. The highest BCUT2D eigenvalue weighted by atomic mass is 14.9. The zero-order chi connectivity index (χ0) is 12.5. The highest BCUT2D eigenvalue weighted by Crippen LogP contribution is 2.24. The molecule has 1 heterocycles. The molecular formula is C14H17N3. The number of nitrogens with one attached hydrogen (secondary N) is 2. The van der Waals surface area contributed by atoms with E-state index in [-0.39, 0.29) is 5.41 Å². The fourth-order valence-corrected chi connectivity index (χ4v) is 1.63. The molecule has 1 aromatic carbocycles. The van der Waals surface area contributed by atoms with E-state index in [1.807, 2.05) is 18.2 Å². The number of aromatic nitrogens is 2. The van der Waals surface area contributed by atoms with Gasteiger partial charge in [0.1, 0.15) is 5.82 Å². The maximum absolute atomic E-state index is 5.22. The summed E-state index contributed by atoms with van der Waals surface area (Å²) < 4.78 is 0. The van der Waals surface area contributed by atoms with Crippen LogP contribution in [0.4, 0.5) is 5.69 Å². The van der Waals surface area contributed by atoms with Crippen molar-refractivity contribution in [3.63, 3.8) is 0 Å². The number of hydrogen-bond donors (Lipinski definition) is 2. The van der Waals surface area contributed by atoms with E-state index < -0.39 is 0 Å². The lowest BCUT2D eigenvalue weighted by Gasteiger charge is -2.13. The molecule has 0 spiro atoms. The van der Waals surface area contributed by atoms with Crippen LogP contribution in [0.15, 0.2) is 18.2 Å². The first-order chi connectivity index (χ1) is 8.00. The lowest BCUT2D eigenvalue weighted by Crippen LogP contribution is -2.12. The first kappa shape index (κ1) is 11.5. The maximum Gasteiger partial charge on any atom is 0.112 e. The van der Waals surface area contributed by atoms with Crippen LogP contribution in [0.5, 0.6) is 0 Å². The number of H-pyrrole nitrogens is 1. The van der Waals surface area contributed by atoms with Crippen LogP contribution in [0.25, 0.3) is 11.0 Å².